The highest BCUT2D eigenvalue weighted by molar-refractivity contribution is 5.51. The quantitative estimate of drug-likeness (QED) is 0.478. The fourth-order valence-electron chi connectivity index (χ4n) is 4.60. The van der Waals surface area contributed by atoms with Gasteiger partial charge < -0.3 is 20.1 Å². The lowest BCUT2D eigenvalue weighted by Gasteiger charge is -2.46. The fraction of sp³-hybridized carbons (Fsp3) is 0.286. The van der Waals surface area contributed by atoms with Crippen LogP contribution in [0.1, 0.15) is 37.0 Å². The first-order valence-corrected chi connectivity index (χ1v) is 11.3. The highest BCUT2D eigenvalue weighted by Crippen LogP contribution is 2.44. The van der Waals surface area contributed by atoms with Crippen LogP contribution in [-0.4, -0.2) is 35.5 Å². The molecule has 0 saturated carbocycles. The Kier molecular flexibility index (Phi) is 6.93. The zero-order chi connectivity index (χ0) is 22.4. The second-order valence-corrected chi connectivity index (χ2v) is 8.32. The number of aliphatic hydroxyl groups is 1. The molecule has 166 valence electrons. The normalized spacial score (nSPS) is 17.0. The highest BCUT2D eigenvalue weighted by atomic mass is 16.5. The van der Waals surface area contributed by atoms with Crippen LogP contribution in [0, 0.1) is 0 Å². The van der Waals surface area contributed by atoms with Gasteiger partial charge in [-0.15, -0.1) is 0 Å². The van der Waals surface area contributed by atoms with Crippen LogP contribution in [0.25, 0.3) is 0 Å². The molecule has 0 radical (unpaired) electrons. The Bertz CT molecular complexity index is 909. The molecule has 3 aromatic rings. The summed E-state index contributed by atoms with van der Waals surface area (Å²) in [7, 11) is 0. The van der Waals surface area contributed by atoms with Crippen molar-refractivity contribution >= 4 is 0 Å². The predicted octanol–water partition coefficient (Wildman–Crippen LogP) is 4.86. The third-order valence-electron chi connectivity index (χ3n) is 6.13. The molecule has 0 unspecified atom stereocenters. The lowest BCUT2D eigenvalue weighted by atomic mass is 9.75. The molecule has 0 fully saturated rings. The molecule has 0 aliphatic carbocycles. The minimum atomic E-state index is -0.505. The summed E-state index contributed by atoms with van der Waals surface area (Å²) in [6.07, 6.45) is 2.90. The van der Waals surface area contributed by atoms with Crippen molar-refractivity contribution in [3.63, 3.8) is 0 Å². The van der Waals surface area contributed by atoms with Gasteiger partial charge in [0.1, 0.15) is 5.54 Å². The van der Waals surface area contributed by atoms with E-state index in [0.717, 1.165) is 5.70 Å². The molecular formula is C28H32N2O2. The van der Waals surface area contributed by atoms with Crippen molar-refractivity contribution in [2.75, 3.05) is 13.2 Å². The van der Waals surface area contributed by atoms with E-state index in [1.54, 1.807) is 0 Å². The zero-order valence-corrected chi connectivity index (χ0v) is 18.8. The van der Waals surface area contributed by atoms with Gasteiger partial charge in [-0.25, -0.2) is 0 Å². The topological polar surface area (TPSA) is 44.7 Å². The van der Waals surface area contributed by atoms with Crippen molar-refractivity contribution < 1.29 is 9.84 Å². The molecule has 4 heteroatoms. The van der Waals surface area contributed by atoms with Crippen LogP contribution in [-0.2, 0) is 10.3 Å². The molecule has 0 saturated heterocycles. The van der Waals surface area contributed by atoms with Crippen LogP contribution < -0.4 is 5.32 Å². The van der Waals surface area contributed by atoms with Gasteiger partial charge in [0.25, 0.3) is 0 Å². The lowest BCUT2D eigenvalue weighted by Crippen LogP contribution is -2.50. The molecule has 0 aromatic heterocycles. The van der Waals surface area contributed by atoms with Crippen molar-refractivity contribution in [3.05, 3.63) is 120 Å². The SMILES string of the molecule is C[C@H](CCO)OCC1=CN(C(c2ccccc2)(c2ccccc2)c2ccccc2)[C@H](C)N1. The van der Waals surface area contributed by atoms with Crippen LogP contribution in [0.2, 0.25) is 0 Å². The lowest BCUT2D eigenvalue weighted by molar-refractivity contribution is 0.0606. The molecule has 4 rings (SSSR count). The molecule has 2 atom stereocenters. The van der Waals surface area contributed by atoms with Gasteiger partial charge in [0.05, 0.1) is 24.6 Å². The van der Waals surface area contributed by atoms with E-state index in [0.29, 0.717) is 13.0 Å². The van der Waals surface area contributed by atoms with Gasteiger partial charge in [-0.2, -0.15) is 0 Å². The Morgan fingerprint density at radius 3 is 1.78 bits per heavy atom. The number of nitrogens with zero attached hydrogens (tertiary/aromatic N) is 1. The maximum absolute atomic E-state index is 9.18. The summed E-state index contributed by atoms with van der Waals surface area (Å²) in [5, 5.41) is 12.8. The standard InChI is InChI=1S/C28H32N2O2/c1-22(18-19-31)32-21-27-20-30(23(2)29-27)28(24-12-6-3-7-13-24,25-14-8-4-9-15-25)26-16-10-5-11-17-26/h3-17,20,22-23,29,31H,18-19,21H2,1-2H3/t22-,23-/m1/s1. The Morgan fingerprint density at radius 1 is 0.875 bits per heavy atom. The monoisotopic (exact) mass is 428 g/mol. The first-order valence-electron chi connectivity index (χ1n) is 11.3. The Hall–Kier alpha value is -3.08. The van der Waals surface area contributed by atoms with Crippen LogP contribution in [0.5, 0.6) is 0 Å². The summed E-state index contributed by atoms with van der Waals surface area (Å²) in [6, 6.07) is 32.1. The molecule has 0 amide bonds. The molecule has 1 aliphatic heterocycles. The van der Waals surface area contributed by atoms with Gasteiger partial charge >= 0.3 is 0 Å². The van der Waals surface area contributed by atoms with Crippen molar-refractivity contribution in [2.24, 2.45) is 0 Å². The number of ether oxygens (including phenoxy) is 1. The number of hydrogen-bond donors (Lipinski definition) is 2. The second kappa shape index (κ2) is 10.0. The van der Waals surface area contributed by atoms with Gasteiger partial charge in [0, 0.05) is 12.8 Å². The van der Waals surface area contributed by atoms with E-state index in [4.69, 9.17) is 4.74 Å². The van der Waals surface area contributed by atoms with Crippen LogP contribution in [0.4, 0.5) is 0 Å². The summed E-state index contributed by atoms with van der Waals surface area (Å²) in [6.45, 7) is 4.80. The smallest absolute Gasteiger partial charge is 0.117 e. The number of aliphatic hydroxyl groups excluding tert-OH is 1. The summed E-state index contributed by atoms with van der Waals surface area (Å²) in [5.74, 6) is 0. The molecule has 0 bridgehead atoms. The molecule has 0 spiro atoms. The molecule has 3 aromatic carbocycles. The molecular weight excluding hydrogens is 396 g/mol. The Balaban J connectivity index is 1.84. The third-order valence-corrected chi connectivity index (χ3v) is 6.13. The molecule has 1 aliphatic rings. The highest BCUT2D eigenvalue weighted by Gasteiger charge is 2.44. The second-order valence-electron chi connectivity index (χ2n) is 8.32. The Morgan fingerprint density at radius 2 is 1.34 bits per heavy atom. The minimum absolute atomic E-state index is 0.00850. The van der Waals surface area contributed by atoms with Crippen LogP contribution in [0.3, 0.4) is 0 Å². The number of nitrogens with one attached hydrogen (secondary N) is 1. The number of hydrogen-bond acceptors (Lipinski definition) is 4. The summed E-state index contributed by atoms with van der Waals surface area (Å²) in [5.41, 5.74) is 4.15. The van der Waals surface area contributed by atoms with E-state index in [1.807, 2.05) is 6.92 Å². The van der Waals surface area contributed by atoms with E-state index >= 15 is 0 Å². The average molecular weight is 429 g/mol. The Labute approximate surface area is 191 Å². The van der Waals surface area contributed by atoms with Gasteiger partial charge in [-0.1, -0.05) is 91.0 Å². The van der Waals surface area contributed by atoms with Gasteiger partial charge in [-0.05, 0) is 37.0 Å². The first-order chi connectivity index (χ1) is 15.7. The summed E-state index contributed by atoms with van der Waals surface area (Å²) >= 11 is 0. The van der Waals surface area contributed by atoms with Crippen LogP contribution >= 0.6 is 0 Å². The summed E-state index contributed by atoms with van der Waals surface area (Å²) < 4.78 is 5.98. The van der Waals surface area contributed by atoms with Gasteiger partial charge in [-0.3, -0.25) is 0 Å². The maximum Gasteiger partial charge on any atom is 0.117 e. The van der Waals surface area contributed by atoms with E-state index in [2.05, 4.69) is 114 Å². The van der Waals surface area contributed by atoms with Gasteiger partial charge in [0.2, 0.25) is 0 Å². The third kappa shape index (κ3) is 4.29. The van der Waals surface area contributed by atoms with E-state index in [9.17, 15) is 5.11 Å². The fourth-order valence-corrected chi connectivity index (χ4v) is 4.60. The average Bonchev–Trinajstić information content (AvgIpc) is 3.21. The van der Waals surface area contributed by atoms with Crippen molar-refractivity contribution in [1.82, 2.24) is 10.2 Å². The van der Waals surface area contributed by atoms with E-state index < -0.39 is 5.54 Å². The van der Waals surface area contributed by atoms with Crippen molar-refractivity contribution in [3.8, 4) is 0 Å². The molecule has 2 N–H and O–H groups in total. The molecule has 4 nitrogen and oxygen atoms in total. The van der Waals surface area contributed by atoms with Crippen LogP contribution in [0.15, 0.2) is 103 Å². The number of benzene rings is 3. The van der Waals surface area contributed by atoms with E-state index in [-0.39, 0.29) is 18.9 Å². The zero-order valence-electron chi connectivity index (χ0n) is 18.8. The summed E-state index contributed by atoms with van der Waals surface area (Å²) in [4.78, 5) is 2.41. The molecule has 1 heterocycles. The van der Waals surface area contributed by atoms with Gasteiger partial charge in [0.15, 0.2) is 0 Å². The minimum Gasteiger partial charge on any atom is -0.396 e. The van der Waals surface area contributed by atoms with E-state index in [1.165, 1.54) is 16.7 Å². The number of rotatable bonds is 9. The largest absolute Gasteiger partial charge is 0.396 e. The first kappa shape index (κ1) is 22.1. The van der Waals surface area contributed by atoms with Crippen molar-refractivity contribution in [1.29, 1.82) is 0 Å². The maximum atomic E-state index is 9.18. The van der Waals surface area contributed by atoms with Crippen molar-refractivity contribution in [2.45, 2.75) is 38.1 Å². The predicted molar refractivity (Wildman–Crippen MR) is 129 cm³/mol. The molecule has 32 heavy (non-hydrogen) atoms.